The van der Waals surface area contributed by atoms with Gasteiger partial charge >= 0.3 is 0 Å². The van der Waals surface area contributed by atoms with Gasteiger partial charge in [0.1, 0.15) is 18.1 Å². The molecule has 2 N–H and O–H groups in total. The summed E-state index contributed by atoms with van der Waals surface area (Å²) in [7, 11) is 0. The van der Waals surface area contributed by atoms with Gasteiger partial charge in [-0.15, -0.1) is 0 Å². The predicted octanol–water partition coefficient (Wildman–Crippen LogP) is 5.91. The van der Waals surface area contributed by atoms with E-state index in [2.05, 4.69) is 10.6 Å². The van der Waals surface area contributed by atoms with Crippen molar-refractivity contribution in [3.05, 3.63) is 137 Å². The number of hydrogen-bond donors (Lipinski definition) is 2. The van der Waals surface area contributed by atoms with E-state index in [4.69, 9.17) is 4.74 Å². The van der Waals surface area contributed by atoms with Gasteiger partial charge in [0.25, 0.3) is 5.91 Å². The number of fused-ring (bicyclic) bond motifs is 1. The summed E-state index contributed by atoms with van der Waals surface area (Å²) >= 11 is 0. The van der Waals surface area contributed by atoms with Crippen LogP contribution in [0.4, 0.5) is 10.1 Å². The highest BCUT2D eigenvalue weighted by Crippen LogP contribution is 2.26. The zero-order valence-electron chi connectivity index (χ0n) is 21.3. The fourth-order valence-electron chi connectivity index (χ4n) is 4.41. The highest BCUT2D eigenvalue weighted by atomic mass is 19.1. The van der Waals surface area contributed by atoms with Crippen LogP contribution in [0.2, 0.25) is 0 Å². The lowest BCUT2D eigenvalue weighted by molar-refractivity contribution is -0.121. The standard InChI is InChI=1S/C32H28FN3O3/c33-28-14-8-7-13-25(28)20-36-29-16-15-27(35-31(37)22-39-21-24-11-5-2-6-12-24)17-26(29)18-30(36)32(38)34-19-23-9-3-1-4-10-23/h1-18H,19-22H2,(H,34,38)(H,35,37). The molecule has 0 atom stereocenters. The topological polar surface area (TPSA) is 72.4 Å². The Morgan fingerprint density at radius 3 is 2.23 bits per heavy atom. The Bertz CT molecular complexity index is 1580. The smallest absolute Gasteiger partial charge is 0.268 e. The van der Waals surface area contributed by atoms with E-state index in [9.17, 15) is 14.0 Å². The second-order valence-corrected chi connectivity index (χ2v) is 9.18. The molecule has 5 aromatic rings. The van der Waals surface area contributed by atoms with Crippen LogP contribution in [0.1, 0.15) is 27.2 Å². The Hall–Kier alpha value is -4.75. The van der Waals surface area contributed by atoms with Gasteiger partial charge in [-0.3, -0.25) is 9.59 Å². The van der Waals surface area contributed by atoms with E-state index in [1.54, 1.807) is 41.0 Å². The molecule has 5 rings (SSSR count). The molecule has 0 fully saturated rings. The van der Waals surface area contributed by atoms with Gasteiger partial charge in [-0.1, -0.05) is 78.9 Å². The highest BCUT2D eigenvalue weighted by Gasteiger charge is 2.18. The molecule has 39 heavy (non-hydrogen) atoms. The minimum Gasteiger partial charge on any atom is -0.367 e. The summed E-state index contributed by atoms with van der Waals surface area (Å²) in [4.78, 5) is 25.7. The van der Waals surface area contributed by atoms with Gasteiger partial charge < -0.3 is 19.9 Å². The van der Waals surface area contributed by atoms with E-state index < -0.39 is 0 Å². The number of nitrogens with zero attached hydrogens (tertiary/aromatic N) is 1. The number of hydrogen-bond acceptors (Lipinski definition) is 3. The van der Waals surface area contributed by atoms with Crippen LogP contribution in [0.5, 0.6) is 0 Å². The molecule has 0 aliphatic rings. The van der Waals surface area contributed by atoms with Crippen LogP contribution in [0.3, 0.4) is 0 Å². The minimum absolute atomic E-state index is 0.0889. The average Bonchev–Trinajstić information content (AvgIpc) is 3.31. The van der Waals surface area contributed by atoms with Crippen molar-refractivity contribution >= 4 is 28.4 Å². The second-order valence-electron chi connectivity index (χ2n) is 9.18. The van der Waals surface area contributed by atoms with Crippen LogP contribution < -0.4 is 10.6 Å². The summed E-state index contributed by atoms with van der Waals surface area (Å²) < 4.78 is 21.9. The number of benzene rings is 4. The lowest BCUT2D eigenvalue weighted by Crippen LogP contribution is -2.25. The number of anilines is 1. The zero-order chi connectivity index (χ0) is 27.0. The number of amides is 2. The molecule has 7 heteroatoms. The van der Waals surface area contributed by atoms with Gasteiger partial charge in [-0.05, 0) is 41.5 Å². The zero-order valence-corrected chi connectivity index (χ0v) is 21.3. The summed E-state index contributed by atoms with van der Waals surface area (Å²) in [6.45, 7) is 0.802. The SMILES string of the molecule is O=C(COCc1ccccc1)Nc1ccc2c(c1)cc(C(=O)NCc1ccccc1)n2Cc1ccccc1F. The van der Waals surface area contributed by atoms with Gasteiger partial charge in [0.05, 0.1) is 13.2 Å². The normalized spacial score (nSPS) is 10.9. The number of aromatic nitrogens is 1. The highest BCUT2D eigenvalue weighted by molar-refractivity contribution is 6.00. The molecule has 4 aromatic carbocycles. The van der Waals surface area contributed by atoms with Crippen molar-refractivity contribution in [2.45, 2.75) is 19.7 Å². The second kappa shape index (κ2) is 12.2. The quantitative estimate of drug-likeness (QED) is 0.240. The van der Waals surface area contributed by atoms with E-state index in [1.807, 2.05) is 66.7 Å². The molecule has 1 heterocycles. The lowest BCUT2D eigenvalue weighted by Gasteiger charge is -2.12. The third kappa shape index (κ3) is 6.58. The average molecular weight is 522 g/mol. The first-order chi connectivity index (χ1) is 19.1. The first kappa shape index (κ1) is 25.9. The van der Waals surface area contributed by atoms with Crippen LogP contribution in [0.15, 0.2) is 109 Å². The third-order valence-electron chi connectivity index (χ3n) is 6.34. The molecular weight excluding hydrogens is 493 g/mol. The molecule has 0 unspecified atom stereocenters. The Labute approximate surface area is 226 Å². The van der Waals surface area contributed by atoms with Crippen molar-refractivity contribution in [1.82, 2.24) is 9.88 Å². The molecule has 0 aliphatic heterocycles. The van der Waals surface area contributed by atoms with Crippen molar-refractivity contribution in [3.8, 4) is 0 Å². The maximum atomic E-state index is 14.5. The van der Waals surface area contributed by atoms with Crippen LogP contribution in [-0.4, -0.2) is 23.0 Å². The molecular formula is C32H28FN3O3. The number of carbonyl (C=O) groups is 2. The maximum Gasteiger partial charge on any atom is 0.268 e. The van der Waals surface area contributed by atoms with E-state index >= 15 is 0 Å². The summed E-state index contributed by atoms with van der Waals surface area (Å²) in [5.41, 5.74) is 4.17. The Morgan fingerprint density at radius 1 is 0.795 bits per heavy atom. The summed E-state index contributed by atoms with van der Waals surface area (Å²) in [6.07, 6.45) is 0. The Morgan fingerprint density at radius 2 is 1.49 bits per heavy atom. The van der Waals surface area contributed by atoms with Crippen LogP contribution in [0.25, 0.3) is 10.9 Å². The molecule has 0 bridgehead atoms. The van der Waals surface area contributed by atoms with E-state index in [1.165, 1.54) is 6.07 Å². The molecule has 0 spiro atoms. The third-order valence-corrected chi connectivity index (χ3v) is 6.34. The number of carbonyl (C=O) groups excluding carboxylic acids is 2. The molecule has 6 nitrogen and oxygen atoms in total. The Kier molecular flexibility index (Phi) is 8.09. The number of ether oxygens (including phenoxy) is 1. The van der Waals surface area contributed by atoms with Crippen molar-refractivity contribution in [2.75, 3.05) is 11.9 Å². The molecule has 2 amide bonds. The molecule has 0 saturated carbocycles. The maximum absolute atomic E-state index is 14.5. The van der Waals surface area contributed by atoms with Gasteiger partial charge in [-0.2, -0.15) is 0 Å². The number of halogens is 1. The Balaban J connectivity index is 1.35. The largest absolute Gasteiger partial charge is 0.367 e. The van der Waals surface area contributed by atoms with Crippen LogP contribution in [-0.2, 0) is 29.2 Å². The van der Waals surface area contributed by atoms with Crippen molar-refractivity contribution in [2.24, 2.45) is 0 Å². The van der Waals surface area contributed by atoms with E-state index in [0.717, 1.165) is 22.0 Å². The molecule has 1 aromatic heterocycles. The van der Waals surface area contributed by atoms with Crippen molar-refractivity contribution < 1.29 is 18.7 Å². The lowest BCUT2D eigenvalue weighted by atomic mass is 10.2. The van der Waals surface area contributed by atoms with Crippen molar-refractivity contribution in [3.63, 3.8) is 0 Å². The van der Waals surface area contributed by atoms with Crippen molar-refractivity contribution in [1.29, 1.82) is 0 Å². The monoisotopic (exact) mass is 521 g/mol. The number of rotatable bonds is 10. The fourth-order valence-corrected chi connectivity index (χ4v) is 4.41. The minimum atomic E-state index is -0.339. The molecule has 0 radical (unpaired) electrons. The molecule has 0 saturated heterocycles. The van der Waals surface area contributed by atoms with Crippen LogP contribution in [0, 0.1) is 5.82 Å². The van der Waals surface area contributed by atoms with Crippen LogP contribution >= 0.6 is 0 Å². The summed E-state index contributed by atoms with van der Waals surface area (Å²) in [5, 5.41) is 6.56. The number of nitrogens with one attached hydrogen (secondary N) is 2. The van der Waals surface area contributed by atoms with Gasteiger partial charge in [0, 0.05) is 28.7 Å². The summed E-state index contributed by atoms with van der Waals surface area (Å²) in [6, 6.07) is 32.9. The fraction of sp³-hybridized carbons (Fsp3) is 0.125. The van der Waals surface area contributed by atoms with Gasteiger partial charge in [0.2, 0.25) is 5.91 Å². The first-order valence-corrected chi connectivity index (χ1v) is 12.7. The van der Waals surface area contributed by atoms with E-state index in [-0.39, 0.29) is 30.8 Å². The van der Waals surface area contributed by atoms with Gasteiger partial charge in [0.15, 0.2) is 0 Å². The van der Waals surface area contributed by atoms with Gasteiger partial charge in [-0.25, -0.2) is 4.39 Å². The predicted molar refractivity (Wildman–Crippen MR) is 150 cm³/mol. The first-order valence-electron chi connectivity index (χ1n) is 12.7. The van der Waals surface area contributed by atoms with E-state index in [0.29, 0.717) is 30.1 Å². The summed E-state index contributed by atoms with van der Waals surface area (Å²) in [5.74, 6) is -0.891. The molecule has 196 valence electrons. The molecule has 0 aliphatic carbocycles.